The second kappa shape index (κ2) is 4.16. The Morgan fingerprint density at radius 3 is 2.93 bits per heavy atom. The van der Waals surface area contributed by atoms with Crippen LogP contribution in [0.3, 0.4) is 0 Å². The van der Waals surface area contributed by atoms with Crippen molar-refractivity contribution in [3.63, 3.8) is 0 Å². The molecule has 0 fully saturated rings. The fourth-order valence-electron chi connectivity index (χ4n) is 1.15. The zero-order valence-electron chi connectivity index (χ0n) is 7.84. The van der Waals surface area contributed by atoms with Crippen molar-refractivity contribution in [1.29, 1.82) is 0 Å². The third-order valence-electron chi connectivity index (χ3n) is 1.78. The van der Waals surface area contributed by atoms with Gasteiger partial charge >= 0.3 is 6.01 Å². The smallest absolute Gasteiger partial charge is 0.324 e. The first-order chi connectivity index (χ1) is 7.19. The van der Waals surface area contributed by atoms with Crippen LogP contribution in [0.15, 0.2) is 27.6 Å². The number of hydrogen-bond donors (Lipinski definition) is 2. The van der Waals surface area contributed by atoms with Gasteiger partial charge in [-0.2, -0.15) is 9.98 Å². The molecular formula is C9H8N2O2S2. The van der Waals surface area contributed by atoms with Crippen LogP contribution < -0.4 is 4.74 Å². The lowest BCUT2D eigenvalue weighted by molar-refractivity contribution is 0.414. The Hall–Kier alpha value is -1.14. The van der Waals surface area contributed by atoms with E-state index in [1.807, 2.05) is 0 Å². The Bertz CT molecular complexity index is 518. The highest BCUT2D eigenvalue weighted by Crippen LogP contribution is 2.25. The molecule has 0 aliphatic heterocycles. The first-order valence-electron chi connectivity index (χ1n) is 4.10. The van der Waals surface area contributed by atoms with Gasteiger partial charge in [-0.3, -0.25) is 0 Å². The Labute approximate surface area is 97.2 Å². The van der Waals surface area contributed by atoms with Gasteiger partial charge in [-0.1, -0.05) is 0 Å². The number of hydrogen-bond acceptors (Lipinski definition) is 4. The van der Waals surface area contributed by atoms with Gasteiger partial charge in [0.25, 0.3) is 0 Å². The number of aromatic nitrogens is 1. The highest BCUT2D eigenvalue weighted by molar-refractivity contribution is 8.23. The van der Waals surface area contributed by atoms with Gasteiger partial charge < -0.3 is 9.15 Å². The maximum atomic E-state index is 5.34. The lowest BCUT2D eigenvalue weighted by atomic mass is 10.3. The number of benzene rings is 1. The summed E-state index contributed by atoms with van der Waals surface area (Å²) in [6, 6.07) is 5.59. The van der Waals surface area contributed by atoms with Crippen molar-refractivity contribution in [3.05, 3.63) is 18.2 Å². The molecule has 78 valence electrons. The average Bonchev–Trinajstić information content (AvgIpc) is 2.57. The van der Waals surface area contributed by atoms with Crippen LogP contribution >= 0.6 is 25.3 Å². The van der Waals surface area contributed by atoms with E-state index in [2.05, 4.69) is 35.2 Å². The topological polar surface area (TPSA) is 47.6 Å². The highest BCUT2D eigenvalue weighted by atomic mass is 32.2. The zero-order valence-corrected chi connectivity index (χ0v) is 9.63. The van der Waals surface area contributed by atoms with E-state index in [0.717, 1.165) is 5.52 Å². The molecule has 1 aromatic carbocycles. The Balaban J connectivity index is 2.51. The van der Waals surface area contributed by atoms with Crippen LogP contribution in [0.25, 0.3) is 11.1 Å². The van der Waals surface area contributed by atoms with Crippen molar-refractivity contribution < 1.29 is 9.15 Å². The van der Waals surface area contributed by atoms with Crippen LogP contribution in [-0.4, -0.2) is 16.5 Å². The third-order valence-corrected chi connectivity index (χ3v) is 1.98. The van der Waals surface area contributed by atoms with Crippen molar-refractivity contribution in [1.82, 2.24) is 4.98 Å². The molecule has 0 aliphatic rings. The van der Waals surface area contributed by atoms with E-state index in [-0.39, 0.29) is 6.01 Å². The second-order valence-corrected chi connectivity index (χ2v) is 3.94. The summed E-state index contributed by atoms with van der Waals surface area (Å²) in [4.78, 5) is 8.00. The fourth-order valence-corrected chi connectivity index (χ4v) is 1.32. The summed E-state index contributed by atoms with van der Waals surface area (Å²) in [5, 5.41) is 0. The van der Waals surface area contributed by atoms with Crippen molar-refractivity contribution in [2.45, 2.75) is 0 Å². The van der Waals surface area contributed by atoms with Crippen molar-refractivity contribution >= 4 is 46.7 Å². The molecule has 6 heteroatoms. The number of thiol groups is 2. The number of nitrogens with zero attached hydrogens (tertiary/aromatic N) is 2. The minimum atomic E-state index is 0.234. The quantitative estimate of drug-likeness (QED) is 0.482. The summed E-state index contributed by atoms with van der Waals surface area (Å²) >= 11 is 7.84. The molecular weight excluding hydrogens is 232 g/mol. The molecule has 4 nitrogen and oxygen atoms in total. The van der Waals surface area contributed by atoms with Crippen LogP contribution in [0.4, 0.5) is 6.01 Å². The molecule has 0 unspecified atom stereocenters. The molecule has 2 rings (SSSR count). The molecule has 0 saturated carbocycles. The van der Waals surface area contributed by atoms with Gasteiger partial charge in [-0.05, 0) is 12.1 Å². The molecule has 0 bridgehead atoms. The molecule has 0 amide bonds. The molecule has 1 heterocycles. The molecule has 15 heavy (non-hydrogen) atoms. The van der Waals surface area contributed by atoms with Crippen molar-refractivity contribution in [3.8, 4) is 5.75 Å². The molecule has 0 atom stereocenters. The summed E-state index contributed by atoms with van der Waals surface area (Å²) in [6.45, 7) is 0. The zero-order chi connectivity index (χ0) is 10.8. The predicted octanol–water partition coefficient (Wildman–Crippen LogP) is 2.68. The maximum Gasteiger partial charge on any atom is 0.324 e. The molecule has 0 N–H and O–H groups in total. The van der Waals surface area contributed by atoms with E-state index >= 15 is 0 Å². The van der Waals surface area contributed by atoms with Crippen LogP contribution in [0, 0.1) is 0 Å². The van der Waals surface area contributed by atoms with Gasteiger partial charge in [0.15, 0.2) is 5.58 Å². The summed E-state index contributed by atoms with van der Waals surface area (Å²) in [6.07, 6.45) is 0. The number of ether oxygens (including phenoxy) is 1. The Morgan fingerprint density at radius 1 is 1.47 bits per heavy atom. The molecule has 0 aliphatic carbocycles. The minimum Gasteiger partial charge on any atom is -0.497 e. The first kappa shape index (κ1) is 10.4. The minimum absolute atomic E-state index is 0.234. The van der Waals surface area contributed by atoms with Crippen LogP contribution in [0.2, 0.25) is 0 Å². The first-order valence-corrected chi connectivity index (χ1v) is 4.99. The summed E-state index contributed by atoms with van der Waals surface area (Å²) in [5.74, 6) is 0.714. The highest BCUT2D eigenvalue weighted by Gasteiger charge is 2.05. The lowest BCUT2D eigenvalue weighted by Crippen LogP contribution is -1.80. The maximum absolute atomic E-state index is 5.34. The van der Waals surface area contributed by atoms with E-state index < -0.39 is 0 Å². The van der Waals surface area contributed by atoms with Gasteiger partial charge in [0.1, 0.15) is 15.6 Å². The van der Waals surface area contributed by atoms with Crippen LogP contribution in [0.1, 0.15) is 0 Å². The van der Waals surface area contributed by atoms with Crippen molar-refractivity contribution in [2.24, 2.45) is 4.99 Å². The normalized spacial score (nSPS) is 10.3. The van der Waals surface area contributed by atoms with Gasteiger partial charge in [0.05, 0.1) is 7.11 Å². The van der Waals surface area contributed by atoms with Gasteiger partial charge in [0.2, 0.25) is 0 Å². The summed E-state index contributed by atoms with van der Waals surface area (Å²) < 4.78 is 10.7. The van der Waals surface area contributed by atoms with Gasteiger partial charge in [0, 0.05) is 6.07 Å². The average molecular weight is 240 g/mol. The van der Waals surface area contributed by atoms with Crippen LogP contribution in [0.5, 0.6) is 5.75 Å². The summed E-state index contributed by atoms with van der Waals surface area (Å²) in [5.41, 5.74) is 1.34. The lowest BCUT2D eigenvalue weighted by Gasteiger charge is -1.95. The van der Waals surface area contributed by atoms with E-state index in [1.54, 1.807) is 25.3 Å². The monoisotopic (exact) mass is 240 g/mol. The molecule has 2 aromatic rings. The predicted molar refractivity (Wildman–Crippen MR) is 65.6 cm³/mol. The van der Waals surface area contributed by atoms with Crippen molar-refractivity contribution in [2.75, 3.05) is 7.11 Å². The Morgan fingerprint density at radius 2 is 2.27 bits per heavy atom. The molecule has 0 spiro atoms. The third kappa shape index (κ3) is 2.27. The van der Waals surface area contributed by atoms with Gasteiger partial charge in [-0.15, -0.1) is 25.3 Å². The van der Waals surface area contributed by atoms with Crippen LogP contribution in [-0.2, 0) is 0 Å². The number of oxazole rings is 1. The number of rotatable bonds is 2. The van der Waals surface area contributed by atoms with E-state index in [0.29, 0.717) is 15.7 Å². The number of methoxy groups -OCH3 is 1. The standard InChI is InChI=1S/C9H8N2O2S2/c1-12-5-2-3-6-7(4-5)13-8(10-6)11-9(14)15/h2-4H,1H3,(H2,10,11,14,15). The second-order valence-electron chi connectivity index (χ2n) is 2.74. The van der Waals surface area contributed by atoms with Gasteiger partial charge in [-0.25, -0.2) is 0 Å². The largest absolute Gasteiger partial charge is 0.497 e. The number of aliphatic imine (C=N–C) groups is 1. The fraction of sp³-hybridized carbons (Fsp3) is 0.111. The van der Waals surface area contributed by atoms with E-state index in [4.69, 9.17) is 9.15 Å². The molecule has 1 aromatic heterocycles. The van der Waals surface area contributed by atoms with E-state index in [1.165, 1.54) is 0 Å². The Kier molecular flexibility index (Phi) is 2.88. The summed E-state index contributed by atoms with van der Waals surface area (Å²) in [7, 11) is 1.59. The molecule has 0 radical (unpaired) electrons. The SMILES string of the molecule is COc1ccc2nc(N=C(S)S)oc2c1. The number of fused-ring (bicyclic) bond motifs is 1. The molecule has 0 saturated heterocycles. The van der Waals surface area contributed by atoms with E-state index in [9.17, 15) is 0 Å².